The number of benzene rings is 2. The first-order valence-corrected chi connectivity index (χ1v) is 7.71. The van der Waals surface area contributed by atoms with Gasteiger partial charge in [0.25, 0.3) is 0 Å². The Bertz CT molecular complexity index is 851. The van der Waals surface area contributed by atoms with Gasteiger partial charge in [0.1, 0.15) is 0 Å². The summed E-state index contributed by atoms with van der Waals surface area (Å²) in [5.41, 5.74) is 2.85. The number of aromatic nitrogens is 1. The summed E-state index contributed by atoms with van der Waals surface area (Å²) in [4.78, 5) is 12.5. The van der Waals surface area contributed by atoms with Crippen LogP contribution in [-0.2, 0) is 7.05 Å². The largest absolute Gasteiger partial charge is 0.342 e. The fraction of sp³-hybridized carbons (Fsp3) is 0.0625. The van der Waals surface area contributed by atoms with Crippen LogP contribution >= 0.6 is 31.9 Å². The average molecular weight is 393 g/mol. The van der Waals surface area contributed by atoms with E-state index in [1.165, 1.54) is 0 Å². The maximum absolute atomic E-state index is 12.5. The third-order valence-electron chi connectivity index (χ3n) is 3.37. The standard InChI is InChI=1S/C16H11Br2NO/c1-19-13-5-3-2-4-12(13)16(20)14(18)15(19)10-6-8-11(17)9-7-10/h2-9H,1H3. The Balaban J connectivity index is 2.42. The van der Waals surface area contributed by atoms with Crippen LogP contribution in [-0.4, -0.2) is 4.57 Å². The van der Waals surface area contributed by atoms with E-state index in [9.17, 15) is 4.79 Å². The Kier molecular flexibility index (Phi) is 3.52. The number of fused-ring (bicyclic) bond motifs is 1. The molecule has 2 nitrogen and oxygen atoms in total. The van der Waals surface area contributed by atoms with E-state index in [4.69, 9.17) is 0 Å². The molecule has 0 aliphatic carbocycles. The van der Waals surface area contributed by atoms with E-state index in [1.807, 2.05) is 60.1 Å². The summed E-state index contributed by atoms with van der Waals surface area (Å²) < 4.78 is 3.66. The zero-order chi connectivity index (χ0) is 14.3. The number of aryl methyl sites for hydroxylation is 1. The molecule has 0 bridgehead atoms. The molecule has 3 rings (SSSR count). The maximum atomic E-state index is 12.5. The molecule has 2 aromatic carbocycles. The van der Waals surface area contributed by atoms with E-state index in [2.05, 4.69) is 31.9 Å². The van der Waals surface area contributed by atoms with Gasteiger partial charge in [0, 0.05) is 16.9 Å². The number of nitrogens with zero attached hydrogens (tertiary/aromatic N) is 1. The zero-order valence-corrected chi connectivity index (χ0v) is 13.9. The first kappa shape index (κ1) is 13.6. The van der Waals surface area contributed by atoms with Crippen molar-refractivity contribution in [3.05, 3.63) is 67.7 Å². The van der Waals surface area contributed by atoms with Crippen LogP contribution in [0.3, 0.4) is 0 Å². The number of hydrogen-bond acceptors (Lipinski definition) is 1. The van der Waals surface area contributed by atoms with E-state index in [1.54, 1.807) is 0 Å². The van der Waals surface area contributed by atoms with Gasteiger partial charge in [0.05, 0.1) is 15.7 Å². The molecule has 0 amide bonds. The molecule has 0 saturated heterocycles. The third kappa shape index (κ3) is 2.13. The molecule has 100 valence electrons. The minimum Gasteiger partial charge on any atom is -0.342 e. The Morgan fingerprint density at radius 3 is 2.30 bits per heavy atom. The summed E-state index contributed by atoms with van der Waals surface area (Å²) in [6.07, 6.45) is 0. The van der Waals surface area contributed by atoms with Crippen molar-refractivity contribution in [2.24, 2.45) is 7.05 Å². The number of halogens is 2. The van der Waals surface area contributed by atoms with Crippen molar-refractivity contribution < 1.29 is 0 Å². The molecule has 0 radical (unpaired) electrons. The summed E-state index contributed by atoms with van der Waals surface area (Å²) in [6, 6.07) is 15.6. The average Bonchev–Trinajstić information content (AvgIpc) is 2.47. The van der Waals surface area contributed by atoms with Crippen LogP contribution in [0.5, 0.6) is 0 Å². The van der Waals surface area contributed by atoms with Gasteiger partial charge in [-0.25, -0.2) is 0 Å². The summed E-state index contributed by atoms with van der Waals surface area (Å²) >= 11 is 6.89. The number of para-hydroxylation sites is 1. The minimum absolute atomic E-state index is 0.0246. The monoisotopic (exact) mass is 391 g/mol. The lowest BCUT2D eigenvalue weighted by Gasteiger charge is -2.14. The van der Waals surface area contributed by atoms with Gasteiger partial charge in [-0.05, 0) is 45.8 Å². The zero-order valence-electron chi connectivity index (χ0n) is 10.7. The van der Waals surface area contributed by atoms with Gasteiger partial charge in [-0.3, -0.25) is 4.79 Å². The Labute approximate surface area is 133 Å². The highest BCUT2D eigenvalue weighted by molar-refractivity contribution is 9.10. The van der Waals surface area contributed by atoms with Crippen LogP contribution in [0, 0.1) is 0 Å². The van der Waals surface area contributed by atoms with Gasteiger partial charge in [0.2, 0.25) is 5.43 Å². The molecule has 0 aliphatic rings. The van der Waals surface area contributed by atoms with Crippen molar-refractivity contribution in [2.75, 3.05) is 0 Å². The molecular weight excluding hydrogens is 382 g/mol. The lowest BCUT2D eigenvalue weighted by Crippen LogP contribution is -2.11. The second-order valence-corrected chi connectivity index (χ2v) is 6.28. The summed E-state index contributed by atoms with van der Waals surface area (Å²) in [6.45, 7) is 0. The predicted octanol–water partition coefficient (Wildman–Crippen LogP) is 4.73. The highest BCUT2D eigenvalue weighted by Crippen LogP contribution is 2.29. The fourth-order valence-corrected chi connectivity index (χ4v) is 3.35. The van der Waals surface area contributed by atoms with Crippen molar-refractivity contribution in [1.82, 2.24) is 4.57 Å². The molecule has 1 heterocycles. The van der Waals surface area contributed by atoms with Crippen LogP contribution in [0.15, 0.2) is 62.3 Å². The normalized spacial score (nSPS) is 10.9. The smallest absolute Gasteiger partial charge is 0.204 e. The molecule has 0 spiro atoms. The fourth-order valence-electron chi connectivity index (χ4n) is 2.38. The molecule has 0 N–H and O–H groups in total. The molecule has 0 aliphatic heterocycles. The molecular formula is C16H11Br2NO. The number of pyridine rings is 1. The molecule has 0 atom stereocenters. The third-order valence-corrected chi connectivity index (χ3v) is 4.63. The Morgan fingerprint density at radius 1 is 0.950 bits per heavy atom. The molecule has 0 fully saturated rings. The maximum Gasteiger partial charge on any atom is 0.204 e. The molecule has 3 aromatic rings. The summed E-state index contributed by atoms with van der Waals surface area (Å²) in [5.74, 6) is 0. The SMILES string of the molecule is Cn1c(-c2ccc(Br)cc2)c(Br)c(=O)c2ccccc21. The van der Waals surface area contributed by atoms with Crippen molar-refractivity contribution >= 4 is 42.8 Å². The summed E-state index contributed by atoms with van der Waals surface area (Å²) in [7, 11) is 1.98. The van der Waals surface area contributed by atoms with E-state index in [-0.39, 0.29) is 5.43 Å². The first-order chi connectivity index (χ1) is 9.59. The topological polar surface area (TPSA) is 22.0 Å². The van der Waals surface area contributed by atoms with E-state index < -0.39 is 0 Å². The van der Waals surface area contributed by atoms with Crippen molar-refractivity contribution in [1.29, 1.82) is 0 Å². The van der Waals surface area contributed by atoms with Crippen molar-refractivity contribution in [2.45, 2.75) is 0 Å². The van der Waals surface area contributed by atoms with E-state index in [0.29, 0.717) is 4.47 Å². The molecule has 0 unspecified atom stereocenters. The number of hydrogen-bond donors (Lipinski definition) is 0. The first-order valence-electron chi connectivity index (χ1n) is 6.13. The van der Waals surface area contributed by atoms with Crippen molar-refractivity contribution in [3.8, 4) is 11.3 Å². The predicted molar refractivity (Wildman–Crippen MR) is 90.0 cm³/mol. The van der Waals surface area contributed by atoms with Crippen LogP contribution < -0.4 is 5.43 Å². The lowest BCUT2D eigenvalue weighted by atomic mass is 10.1. The van der Waals surface area contributed by atoms with Gasteiger partial charge in [-0.15, -0.1) is 0 Å². The molecule has 4 heteroatoms. The molecule has 20 heavy (non-hydrogen) atoms. The highest BCUT2D eigenvalue weighted by atomic mass is 79.9. The van der Waals surface area contributed by atoms with E-state index in [0.717, 1.165) is 26.6 Å². The molecule has 1 aromatic heterocycles. The van der Waals surface area contributed by atoms with Gasteiger partial charge in [-0.2, -0.15) is 0 Å². The van der Waals surface area contributed by atoms with Gasteiger partial charge in [-0.1, -0.05) is 40.2 Å². The number of rotatable bonds is 1. The van der Waals surface area contributed by atoms with Crippen LogP contribution in [0.4, 0.5) is 0 Å². The van der Waals surface area contributed by atoms with Crippen LogP contribution in [0.2, 0.25) is 0 Å². The van der Waals surface area contributed by atoms with Crippen LogP contribution in [0.25, 0.3) is 22.2 Å². The van der Waals surface area contributed by atoms with E-state index >= 15 is 0 Å². The second-order valence-electron chi connectivity index (χ2n) is 4.57. The van der Waals surface area contributed by atoms with Gasteiger partial charge in [0.15, 0.2) is 0 Å². The van der Waals surface area contributed by atoms with Gasteiger partial charge < -0.3 is 4.57 Å². The van der Waals surface area contributed by atoms with Crippen molar-refractivity contribution in [3.63, 3.8) is 0 Å². The quantitative estimate of drug-likeness (QED) is 0.586. The molecule has 0 saturated carbocycles. The Morgan fingerprint density at radius 2 is 1.60 bits per heavy atom. The van der Waals surface area contributed by atoms with Crippen LogP contribution in [0.1, 0.15) is 0 Å². The Hall–Kier alpha value is -1.39. The highest BCUT2D eigenvalue weighted by Gasteiger charge is 2.14. The van der Waals surface area contributed by atoms with Gasteiger partial charge >= 0.3 is 0 Å². The second kappa shape index (κ2) is 5.19. The summed E-state index contributed by atoms with van der Waals surface area (Å²) in [5, 5.41) is 0.725. The lowest BCUT2D eigenvalue weighted by molar-refractivity contribution is 0.955. The minimum atomic E-state index is 0.0246.